The van der Waals surface area contributed by atoms with Crippen LogP contribution in [0.4, 0.5) is 0 Å². The number of hydrogen-bond acceptors (Lipinski definition) is 1. The zero-order chi connectivity index (χ0) is 14.2. The Labute approximate surface area is 124 Å². The van der Waals surface area contributed by atoms with Gasteiger partial charge in [0, 0.05) is 10.9 Å². The van der Waals surface area contributed by atoms with Crippen molar-refractivity contribution in [3.63, 3.8) is 0 Å². The van der Waals surface area contributed by atoms with Crippen LogP contribution in [0.5, 0.6) is 5.75 Å². The molecular weight excluding hydrogens is 256 g/mol. The van der Waals surface area contributed by atoms with Gasteiger partial charge in [0.05, 0.1) is 0 Å². The summed E-state index contributed by atoms with van der Waals surface area (Å²) in [6.07, 6.45) is 4.65. The number of fused-ring (bicyclic) bond motifs is 3. The first-order chi connectivity index (χ1) is 10.4. The van der Waals surface area contributed by atoms with E-state index in [4.69, 9.17) is 0 Å². The smallest absolute Gasteiger partial charge is 0.131 e. The summed E-state index contributed by atoms with van der Waals surface area (Å²) in [5, 5.41) is 13.1. The average Bonchev–Trinajstić information content (AvgIpc) is 2.56. The van der Waals surface area contributed by atoms with Crippen molar-refractivity contribution in [1.82, 2.24) is 0 Å². The molecule has 0 fully saturated rings. The van der Waals surface area contributed by atoms with Crippen LogP contribution in [-0.2, 0) is 12.8 Å². The minimum Gasteiger partial charge on any atom is -0.507 e. The minimum atomic E-state index is 0.442. The maximum atomic E-state index is 10.9. The maximum Gasteiger partial charge on any atom is 0.131 e. The van der Waals surface area contributed by atoms with Crippen LogP contribution in [0.15, 0.2) is 54.6 Å². The fraction of sp³-hybridized carbons (Fsp3) is 0.200. The number of phenolic OH excluding ortho intramolecular Hbond substituents is 1. The van der Waals surface area contributed by atoms with Crippen molar-refractivity contribution in [2.24, 2.45) is 0 Å². The highest BCUT2D eigenvalue weighted by Gasteiger charge is 2.21. The van der Waals surface area contributed by atoms with E-state index < -0.39 is 0 Å². The summed E-state index contributed by atoms with van der Waals surface area (Å²) in [4.78, 5) is 0. The Morgan fingerprint density at radius 3 is 2.05 bits per heavy atom. The molecule has 1 aliphatic rings. The van der Waals surface area contributed by atoms with E-state index in [0.29, 0.717) is 5.75 Å². The second-order valence-electron chi connectivity index (χ2n) is 5.80. The summed E-state index contributed by atoms with van der Waals surface area (Å²) < 4.78 is 0. The van der Waals surface area contributed by atoms with E-state index in [1.807, 2.05) is 30.3 Å². The zero-order valence-electron chi connectivity index (χ0n) is 12.0. The monoisotopic (exact) mass is 274 g/mol. The van der Waals surface area contributed by atoms with Crippen LogP contribution in [0.2, 0.25) is 0 Å². The summed E-state index contributed by atoms with van der Waals surface area (Å²) in [5.74, 6) is 0.442. The molecule has 0 aromatic heterocycles. The lowest BCUT2D eigenvalue weighted by atomic mass is 9.82. The van der Waals surface area contributed by atoms with Crippen molar-refractivity contribution >= 4 is 10.8 Å². The van der Waals surface area contributed by atoms with Gasteiger partial charge in [-0.15, -0.1) is 0 Å². The molecule has 0 saturated carbocycles. The first-order valence-corrected chi connectivity index (χ1v) is 7.67. The third kappa shape index (κ3) is 1.92. The van der Waals surface area contributed by atoms with Crippen molar-refractivity contribution < 1.29 is 5.11 Å². The standard InChI is InChI=1S/C20H18O/c21-20-18-13-7-5-11-16(18)15-10-4-6-12-17(15)19(20)14-8-2-1-3-9-14/h1-3,5,7-9,11,13,21H,4,6,10,12H2. The van der Waals surface area contributed by atoms with Crippen LogP contribution < -0.4 is 0 Å². The zero-order valence-corrected chi connectivity index (χ0v) is 12.0. The van der Waals surface area contributed by atoms with E-state index in [-0.39, 0.29) is 0 Å². The van der Waals surface area contributed by atoms with Crippen LogP contribution in [0.1, 0.15) is 24.0 Å². The van der Waals surface area contributed by atoms with E-state index >= 15 is 0 Å². The second kappa shape index (κ2) is 4.92. The molecule has 0 atom stereocenters. The van der Waals surface area contributed by atoms with Gasteiger partial charge in [0.1, 0.15) is 5.75 Å². The highest BCUT2D eigenvalue weighted by molar-refractivity contribution is 5.99. The molecule has 1 N–H and O–H groups in total. The molecule has 0 aliphatic heterocycles. The van der Waals surface area contributed by atoms with E-state index in [1.165, 1.54) is 29.4 Å². The fourth-order valence-electron chi connectivity index (χ4n) is 3.62. The van der Waals surface area contributed by atoms with Gasteiger partial charge in [-0.1, -0.05) is 54.6 Å². The van der Waals surface area contributed by atoms with Crippen LogP contribution in [0, 0.1) is 0 Å². The Kier molecular flexibility index (Phi) is 2.92. The molecule has 1 aliphatic carbocycles. The van der Waals surface area contributed by atoms with Gasteiger partial charge in [-0.05, 0) is 47.8 Å². The fourth-order valence-corrected chi connectivity index (χ4v) is 3.62. The predicted octanol–water partition coefficient (Wildman–Crippen LogP) is 5.09. The van der Waals surface area contributed by atoms with Gasteiger partial charge >= 0.3 is 0 Å². The first-order valence-electron chi connectivity index (χ1n) is 7.67. The van der Waals surface area contributed by atoms with Gasteiger partial charge in [0.2, 0.25) is 0 Å². The topological polar surface area (TPSA) is 20.2 Å². The third-order valence-corrected chi connectivity index (χ3v) is 4.58. The van der Waals surface area contributed by atoms with Gasteiger partial charge in [0.25, 0.3) is 0 Å². The largest absolute Gasteiger partial charge is 0.507 e. The van der Waals surface area contributed by atoms with Gasteiger partial charge in [-0.2, -0.15) is 0 Å². The van der Waals surface area contributed by atoms with Crippen molar-refractivity contribution in [2.75, 3.05) is 0 Å². The number of rotatable bonds is 1. The highest BCUT2D eigenvalue weighted by atomic mass is 16.3. The van der Waals surface area contributed by atoms with Gasteiger partial charge in [-0.25, -0.2) is 0 Å². The molecule has 3 aromatic carbocycles. The van der Waals surface area contributed by atoms with Crippen LogP contribution in [-0.4, -0.2) is 5.11 Å². The summed E-state index contributed by atoms with van der Waals surface area (Å²) >= 11 is 0. The quantitative estimate of drug-likeness (QED) is 0.655. The Balaban J connectivity index is 2.13. The average molecular weight is 274 g/mol. The van der Waals surface area contributed by atoms with Crippen molar-refractivity contribution in [2.45, 2.75) is 25.7 Å². The molecule has 0 bridgehead atoms. The summed E-state index contributed by atoms with van der Waals surface area (Å²) in [6, 6.07) is 18.6. The molecule has 0 amide bonds. The Morgan fingerprint density at radius 1 is 0.667 bits per heavy atom. The number of phenols is 1. The lowest BCUT2D eigenvalue weighted by Gasteiger charge is -2.23. The third-order valence-electron chi connectivity index (χ3n) is 4.58. The molecule has 0 unspecified atom stereocenters. The lowest BCUT2D eigenvalue weighted by molar-refractivity contribution is 0.482. The van der Waals surface area contributed by atoms with E-state index in [0.717, 1.165) is 29.4 Å². The van der Waals surface area contributed by atoms with E-state index in [9.17, 15) is 5.11 Å². The normalized spacial score (nSPS) is 14.1. The Hall–Kier alpha value is -2.28. The van der Waals surface area contributed by atoms with Gasteiger partial charge in [-0.3, -0.25) is 0 Å². The number of aryl methyl sites for hydroxylation is 1. The van der Waals surface area contributed by atoms with Crippen molar-refractivity contribution in [3.8, 4) is 16.9 Å². The molecular formula is C20H18O. The van der Waals surface area contributed by atoms with Gasteiger partial charge in [0.15, 0.2) is 0 Å². The van der Waals surface area contributed by atoms with Crippen molar-refractivity contribution in [1.29, 1.82) is 0 Å². The van der Waals surface area contributed by atoms with E-state index in [1.54, 1.807) is 0 Å². The number of hydrogen-bond donors (Lipinski definition) is 1. The highest BCUT2D eigenvalue weighted by Crippen LogP contribution is 2.44. The molecule has 0 saturated heterocycles. The van der Waals surface area contributed by atoms with Crippen LogP contribution >= 0.6 is 0 Å². The number of aromatic hydroxyl groups is 1. The van der Waals surface area contributed by atoms with Gasteiger partial charge < -0.3 is 5.11 Å². The SMILES string of the molecule is Oc1c(-c2ccccc2)c2c(c3ccccc13)CCCC2. The van der Waals surface area contributed by atoms with E-state index in [2.05, 4.69) is 24.3 Å². The molecule has 0 spiro atoms. The minimum absolute atomic E-state index is 0.442. The Bertz CT molecular complexity index is 803. The second-order valence-corrected chi connectivity index (χ2v) is 5.80. The van der Waals surface area contributed by atoms with Crippen LogP contribution in [0.25, 0.3) is 21.9 Å². The lowest BCUT2D eigenvalue weighted by Crippen LogP contribution is -2.06. The maximum absolute atomic E-state index is 10.9. The summed E-state index contributed by atoms with van der Waals surface area (Å²) in [5.41, 5.74) is 4.96. The summed E-state index contributed by atoms with van der Waals surface area (Å²) in [6.45, 7) is 0. The first kappa shape index (κ1) is 12.5. The molecule has 3 aromatic rings. The molecule has 0 radical (unpaired) electrons. The molecule has 1 heteroatoms. The van der Waals surface area contributed by atoms with Crippen LogP contribution in [0.3, 0.4) is 0 Å². The molecule has 0 heterocycles. The predicted molar refractivity (Wildman–Crippen MR) is 87.7 cm³/mol. The molecule has 1 nitrogen and oxygen atoms in total. The Morgan fingerprint density at radius 2 is 1.29 bits per heavy atom. The molecule has 21 heavy (non-hydrogen) atoms. The number of benzene rings is 3. The summed E-state index contributed by atoms with van der Waals surface area (Å²) in [7, 11) is 0. The van der Waals surface area contributed by atoms with Crippen molar-refractivity contribution in [3.05, 3.63) is 65.7 Å². The molecule has 4 rings (SSSR count). The molecule has 104 valence electrons.